The molecule has 21 heavy (non-hydrogen) atoms. The molecule has 0 amide bonds. The molecule has 120 valence electrons. The SMILES string of the molecule is CS[C@@H]1O[C@@H](C)[C@H](OC(C)=O)[C@@H](OC(C)=O)[C@H]1OC(C)=O. The first-order valence-electron chi connectivity index (χ1n) is 6.46. The monoisotopic (exact) mass is 320 g/mol. The third kappa shape index (κ3) is 4.89. The number of hydrogen-bond acceptors (Lipinski definition) is 8. The van der Waals surface area contributed by atoms with E-state index in [1.54, 1.807) is 13.2 Å². The van der Waals surface area contributed by atoms with Crippen molar-refractivity contribution in [1.82, 2.24) is 0 Å². The molecule has 0 spiro atoms. The fourth-order valence-electron chi connectivity index (χ4n) is 2.16. The maximum atomic E-state index is 11.3. The van der Waals surface area contributed by atoms with Crippen molar-refractivity contribution in [1.29, 1.82) is 0 Å². The molecule has 0 aromatic heterocycles. The van der Waals surface area contributed by atoms with Crippen molar-refractivity contribution in [3.8, 4) is 0 Å². The van der Waals surface area contributed by atoms with Gasteiger partial charge >= 0.3 is 17.9 Å². The van der Waals surface area contributed by atoms with Crippen LogP contribution in [0.4, 0.5) is 0 Å². The van der Waals surface area contributed by atoms with Crippen molar-refractivity contribution in [3.63, 3.8) is 0 Å². The standard InChI is InChI=1S/C13H20O7S/c1-6-10(18-7(2)14)11(19-8(3)15)12(20-9(4)16)13(17-6)21-5/h6,10-13H,1-5H3/t6-,10-,11+,12+,13-/m0/s1. The second-order valence-corrected chi connectivity index (χ2v) is 5.60. The van der Waals surface area contributed by atoms with E-state index in [4.69, 9.17) is 18.9 Å². The number of esters is 3. The highest BCUT2D eigenvalue weighted by Crippen LogP contribution is 2.32. The molecule has 0 aromatic rings. The maximum absolute atomic E-state index is 11.3. The topological polar surface area (TPSA) is 88.1 Å². The Balaban J connectivity index is 3.08. The van der Waals surface area contributed by atoms with E-state index in [0.29, 0.717) is 0 Å². The smallest absolute Gasteiger partial charge is 0.303 e. The number of thioether (sulfide) groups is 1. The lowest BCUT2D eigenvalue weighted by molar-refractivity contribution is -0.228. The van der Waals surface area contributed by atoms with E-state index >= 15 is 0 Å². The third-order valence-electron chi connectivity index (χ3n) is 2.87. The van der Waals surface area contributed by atoms with E-state index in [0.717, 1.165) is 0 Å². The average molecular weight is 320 g/mol. The Labute approximate surface area is 127 Å². The van der Waals surface area contributed by atoms with E-state index in [-0.39, 0.29) is 0 Å². The minimum absolute atomic E-state index is 0.498. The average Bonchev–Trinajstić information content (AvgIpc) is 2.35. The fraction of sp³-hybridized carbons (Fsp3) is 0.769. The summed E-state index contributed by atoms with van der Waals surface area (Å²) in [6.07, 6.45) is -1.30. The highest BCUT2D eigenvalue weighted by atomic mass is 32.2. The molecule has 0 unspecified atom stereocenters. The Bertz CT molecular complexity index is 411. The van der Waals surface area contributed by atoms with Gasteiger partial charge in [0.2, 0.25) is 0 Å². The molecular weight excluding hydrogens is 300 g/mol. The number of ether oxygens (including phenoxy) is 4. The molecule has 0 bridgehead atoms. The molecule has 8 heteroatoms. The Kier molecular flexibility index (Phi) is 6.47. The quantitative estimate of drug-likeness (QED) is 0.557. The Morgan fingerprint density at radius 3 is 1.71 bits per heavy atom. The molecule has 1 saturated heterocycles. The second kappa shape index (κ2) is 7.65. The van der Waals surface area contributed by atoms with Gasteiger partial charge in [-0.15, -0.1) is 11.8 Å². The summed E-state index contributed by atoms with van der Waals surface area (Å²) in [6.45, 7) is 5.45. The van der Waals surface area contributed by atoms with E-state index in [1.165, 1.54) is 32.5 Å². The summed E-state index contributed by atoms with van der Waals surface area (Å²) in [4.78, 5) is 33.8. The van der Waals surface area contributed by atoms with Gasteiger partial charge in [0.25, 0.3) is 0 Å². The number of carbonyl (C=O) groups excluding carboxylic acids is 3. The Morgan fingerprint density at radius 2 is 1.29 bits per heavy atom. The number of carbonyl (C=O) groups is 3. The maximum Gasteiger partial charge on any atom is 0.303 e. The first-order valence-corrected chi connectivity index (χ1v) is 7.75. The van der Waals surface area contributed by atoms with Gasteiger partial charge in [0.05, 0.1) is 6.10 Å². The summed E-state index contributed by atoms with van der Waals surface area (Å²) in [6, 6.07) is 0. The van der Waals surface area contributed by atoms with E-state index < -0.39 is 47.8 Å². The molecule has 0 aromatic carbocycles. The highest BCUT2D eigenvalue weighted by Gasteiger charge is 2.49. The summed E-state index contributed by atoms with van der Waals surface area (Å²) in [5.41, 5.74) is -0.514. The zero-order valence-corrected chi connectivity index (χ0v) is 13.5. The van der Waals surface area contributed by atoms with Crippen LogP contribution in [-0.2, 0) is 33.3 Å². The largest absolute Gasteiger partial charge is 0.456 e. The van der Waals surface area contributed by atoms with Crippen LogP contribution in [0.2, 0.25) is 0 Å². The molecule has 1 aliphatic rings. The van der Waals surface area contributed by atoms with Gasteiger partial charge in [-0.1, -0.05) is 0 Å². The Hall–Kier alpha value is -1.28. The van der Waals surface area contributed by atoms with Crippen molar-refractivity contribution >= 4 is 29.7 Å². The molecular formula is C13H20O7S. The minimum Gasteiger partial charge on any atom is -0.456 e. The van der Waals surface area contributed by atoms with Crippen molar-refractivity contribution in [2.24, 2.45) is 0 Å². The number of hydrogen-bond donors (Lipinski definition) is 0. The molecule has 1 heterocycles. The lowest BCUT2D eigenvalue weighted by atomic mass is 10.00. The molecule has 5 atom stereocenters. The second-order valence-electron chi connectivity index (χ2n) is 4.67. The van der Waals surface area contributed by atoms with Crippen LogP contribution in [-0.4, -0.2) is 54.0 Å². The molecule has 7 nitrogen and oxygen atoms in total. The zero-order valence-electron chi connectivity index (χ0n) is 12.7. The zero-order chi connectivity index (χ0) is 16.2. The van der Waals surface area contributed by atoms with Crippen molar-refractivity contribution in [2.75, 3.05) is 6.26 Å². The molecule has 0 N–H and O–H groups in total. The molecule has 1 fully saturated rings. The minimum atomic E-state index is -0.906. The van der Waals surface area contributed by atoms with Crippen LogP contribution in [0.15, 0.2) is 0 Å². The molecule has 1 aliphatic heterocycles. The van der Waals surface area contributed by atoms with Crippen molar-refractivity contribution in [3.05, 3.63) is 0 Å². The molecule has 1 rings (SSSR count). The van der Waals surface area contributed by atoms with Crippen LogP contribution >= 0.6 is 11.8 Å². The molecule has 0 radical (unpaired) electrons. The summed E-state index contributed by atoms with van der Waals surface area (Å²) >= 11 is 1.32. The van der Waals surface area contributed by atoms with Crippen LogP contribution in [0.3, 0.4) is 0 Å². The van der Waals surface area contributed by atoms with Crippen molar-refractivity contribution in [2.45, 2.75) is 57.5 Å². The van der Waals surface area contributed by atoms with Gasteiger partial charge in [-0.05, 0) is 13.2 Å². The van der Waals surface area contributed by atoms with E-state index in [9.17, 15) is 14.4 Å². The summed E-state index contributed by atoms with van der Waals surface area (Å²) in [5, 5.41) is 0. The van der Waals surface area contributed by atoms with Crippen LogP contribution in [0, 0.1) is 0 Å². The molecule has 0 aliphatic carbocycles. The third-order valence-corrected chi connectivity index (χ3v) is 3.71. The van der Waals surface area contributed by atoms with Gasteiger partial charge in [-0.2, -0.15) is 0 Å². The predicted octanol–water partition coefficient (Wildman–Crippen LogP) is 0.889. The summed E-state index contributed by atoms with van der Waals surface area (Å²) in [7, 11) is 0. The van der Waals surface area contributed by atoms with E-state index in [2.05, 4.69) is 0 Å². The highest BCUT2D eigenvalue weighted by molar-refractivity contribution is 7.99. The van der Waals surface area contributed by atoms with E-state index in [1.807, 2.05) is 0 Å². The van der Waals surface area contributed by atoms with Crippen LogP contribution in [0.5, 0.6) is 0 Å². The van der Waals surface area contributed by atoms with Crippen LogP contribution in [0.1, 0.15) is 27.7 Å². The molecule has 0 saturated carbocycles. The van der Waals surface area contributed by atoms with Crippen molar-refractivity contribution < 1.29 is 33.3 Å². The van der Waals surface area contributed by atoms with Crippen LogP contribution in [0.25, 0.3) is 0 Å². The van der Waals surface area contributed by atoms with Gasteiger partial charge in [-0.25, -0.2) is 0 Å². The number of rotatable bonds is 4. The lowest BCUT2D eigenvalue weighted by Gasteiger charge is -2.43. The predicted molar refractivity (Wildman–Crippen MR) is 74.5 cm³/mol. The Morgan fingerprint density at radius 1 is 0.857 bits per heavy atom. The lowest BCUT2D eigenvalue weighted by Crippen LogP contribution is -2.59. The van der Waals surface area contributed by atoms with Gasteiger partial charge in [0, 0.05) is 20.8 Å². The summed E-state index contributed by atoms with van der Waals surface area (Å²) < 4.78 is 21.3. The van der Waals surface area contributed by atoms with Crippen LogP contribution < -0.4 is 0 Å². The van der Waals surface area contributed by atoms with Gasteiger partial charge < -0.3 is 18.9 Å². The summed E-state index contributed by atoms with van der Waals surface area (Å²) in [5.74, 6) is -1.61. The first kappa shape index (κ1) is 17.8. The van der Waals surface area contributed by atoms with Gasteiger partial charge in [-0.3, -0.25) is 14.4 Å². The fourth-order valence-corrected chi connectivity index (χ4v) is 2.92. The first-order chi connectivity index (χ1) is 9.76. The van der Waals surface area contributed by atoms with Gasteiger partial charge in [0.1, 0.15) is 5.44 Å². The van der Waals surface area contributed by atoms with Gasteiger partial charge in [0.15, 0.2) is 18.3 Å². The normalized spacial score (nSPS) is 32.1.